The lowest BCUT2D eigenvalue weighted by Gasteiger charge is -2.08. The van der Waals surface area contributed by atoms with Crippen LogP contribution in [0.5, 0.6) is 0 Å². The molecular formula is C20H22N2O3. The summed E-state index contributed by atoms with van der Waals surface area (Å²) in [7, 11) is 0. The van der Waals surface area contributed by atoms with Gasteiger partial charge < -0.3 is 10.2 Å². The van der Waals surface area contributed by atoms with E-state index in [2.05, 4.69) is 10.5 Å². The first-order chi connectivity index (χ1) is 12.2. The molecule has 0 saturated heterocycles. The molecule has 0 aliphatic carbocycles. The highest BCUT2D eigenvalue weighted by Crippen LogP contribution is 2.05. The Morgan fingerprint density at radius 3 is 2.28 bits per heavy atom. The first-order valence-electron chi connectivity index (χ1n) is 8.36. The van der Waals surface area contributed by atoms with Crippen LogP contribution in [0.15, 0.2) is 65.8 Å². The predicted molar refractivity (Wildman–Crippen MR) is 97.4 cm³/mol. The van der Waals surface area contributed by atoms with Gasteiger partial charge >= 0.3 is 5.97 Å². The van der Waals surface area contributed by atoms with Gasteiger partial charge in [-0.3, -0.25) is 4.79 Å². The third-order valence-corrected chi connectivity index (χ3v) is 3.54. The van der Waals surface area contributed by atoms with Crippen molar-refractivity contribution in [3.05, 3.63) is 71.8 Å². The van der Waals surface area contributed by atoms with E-state index in [0.29, 0.717) is 18.5 Å². The van der Waals surface area contributed by atoms with Gasteiger partial charge in [0.15, 0.2) is 0 Å². The zero-order valence-electron chi connectivity index (χ0n) is 14.3. The van der Waals surface area contributed by atoms with E-state index in [1.165, 1.54) is 0 Å². The van der Waals surface area contributed by atoms with Crippen molar-refractivity contribution < 1.29 is 14.4 Å². The average Bonchev–Trinajstić information content (AvgIpc) is 2.66. The van der Waals surface area contributed by atoms with Gasteiger partial charge in [0.2, 0.25) is 0 Å². The molecule has 2 aromatic rings. The Morgan fingerprint density at radius 1 is 1.00 bits per heavy atom. The molecule has 130 valence electrons. The van der Waals surface area contributed by atoms with Crippen molar-refractivity contribution in [3.8, 4) is 0 Å². The SMILES string of the molecule is CCCCNC(=O)/C(Cc1ccccc1)=N\OC(=O)c1ccccc1. The van der Waals surface area contributed by atoms with E-state index in [1.807, 2.05) is 43.3 Å². The summed E-state index contributed by atoms with van der Waals surface area (Å²) in [5, 5.41) is 6.64. The second-order valence-electron chi connectivity index (χ2n) is 5.55. The lowest BCUT2D eigenvalue weighted by Crippen LogP contribution is -2.33. The maximum Gasteiger partial charge on any atom is 0.365 e. The van der Waals surface area contributed by atoms with E-state index >= 15 is 0 Å². The number of unbranched alkanes of at least 4 members (excludes halogenated alkanes) is 1. The van der Waals surface area contributed by atoms with E-state index in [0.717, 1.165) is 18.4 Å². The molecule has 2 aromatic carbocycles. The van der Waals surface area contributed by atoms with Crippen LogP contribution in [0.25, 0.3) is 0 Å². The number of nitrogens with one attached hydrogen (secondary N) is 1. The Bertz CT molecular complexity index is 712. The maximum absolute atomic E-state index is 12.3. The van der Waals surface area contributed by atoms with Crippen LogP contribution in [0.3, 0.4) is 0 Å². The van der Waals surface area contributed by atoms with Gasteiger partial charge in [-0.1, -0.05) is 67.0 Å². The van der Waals surface area contributed by atoms with Gasteiger partial charge in [-0.2, -0.15) is 0 Å². The van der Waals surface area contributed by atoms with E-state index in [1.54, 1.807) is 24.3 Å². The summed E-state index contributed by atoms with van der Waals surface area (Å²) >= 11 is 0. The Labute approximate surface area is 147 Å². The number of carbonyl (C=O) groups excluding carboxylic acids is 2. The van der Waals surface area contributed by atoms with E-state index < -0.39 is 5.97 Å². The Kier molecular flexibility index (Phi) is 7.38. The van der Waals surface area contributed by atoms with Crippen molar-refractivity contribution in [2.24, 2.45) is 5.16 Å². The van der Waals surface area contributed by atoms with Crippen LogP contribution >= 0.6 is 0 Å². The van der Waals surface area contributed by atoms with Crippen molar-refractivity contribution >= 4 is 17.6 Å². The van der Waals surface area contributed by atoms with E-state index in [9.17, 15) is 9.59 Å². The molecule has 0 bridgehead atoms. The topological polar surface area (TPSA) is 67.8 Å². The number of carbonyl (C=O) groups is 2. The largest absolute Gasteiger partial charge is 0.365 e. The van der Waals surface area contributed by atoms with Crippen LogP contribution in [0.1, 0.15) is 35.7 Å². The van der Waals surface area contributed by atoms with Gasteiger partial charge in [-0.15, -0.1) is 0 Å². The molecule has 1 amide bonds. The third kappa shape index (κ3) is 6.22. The standard InChI is InChI=1S/C20H22N2O3/c1-2-3-14-21-19(23)18(15-16-10-6-4-7-11-16)22-25-20(24)17-12-8-5-9-13-17/h4-13H,2-3,14-15H2,1H3,(H,21,23)/b22-18-. The van der Waals surface area contributed by atoms with Crippen LogP contribution in [0.2, 0.25) is 0 Å². The summed E-state index contributed by atoms with van der Waals surface area (Å²) in [6.07, 6.45) is 2.16. The number of hydrogen-bond donors (Lipinski definition) is 1. The fourth-order valence-electron chi connectivity index (χ4n) is 2.15. The van der Waals surface area contributed by atoms with Crippen molar-refractivity contribution in [2.75, 3.05) is 6.54 Å². The molecular weight excluding hydrogens is 316 g/mol. The highest BCUT2D eigenvalue weighted by atomic mass is 16.7. The molecule has 0 spiro atoms. The lowest BCUT2D eigenvalue weighted by molar-refractivity contribution is -0.115. The van der Waals surface area contributed by atoms with Crippen molar-refractivity contribution in [2.45, 2.75) is 26.2 Å². The molecule has 5 heteroatoms. The molecule has 5 nitrogen and oxygen atoms in total. The molecule has 25 heavy (non-hydrogen) atoms. The van der Waals surface area contributed by atoms with Crippen LogP contribution in [0, 0.1) is 0 Å². The van der Waals surface area contributed by atoms with Crippen LogP contribution in [0.4, 0.5) is 0 Å². The number of oxime groups is 1. The minimum atomic E-state index is -0.590. The number of hydrogen-bond acceptors (Lipinski definition) is 4. The monoisotopic (exact) mass is 338 g/mol. The fourth-order valence-corrected chi connectivity index (χ4v) is 2.15. The Balaban J connectivity index is 2.09. The van der Waals surface area contributed by atoms with Crippen molar-refractivity contribution in [1.82, 2.24) is 5.32 Å². The molecule has 0 heterocycles. The molecule has 0 saturated carbocycles. The second-order valence-corrected chi connectivity index (χ2v) is 5.55. The smallest absolute Gasteiger partial charge is 0.351 e. The summed E-state index contributed by atoms with van der Waals surface area (Å²) in [4.78, 5) is 29.3. The Hall–Kier alpha value is -2.95. The molecule has 1 N–H and O–H groups in total. The maximum atomic E-state index is 12.3. The third-order valence-electron chi connectivity index (χ3n) is 3.54. The van der Waals surface area contributed by atoms with Gasteiger partial charge in [0.05, 0.1) is 5.56 Å². The first kappa shape index (κ1) is 18.4. The van der Waals surface area contributed by atoms with Crippen molar-refractivity contribution in [1.29, 1.82) is 0 Å². The second kappa shape index (κ2) is 10.0. The number of benzene rings is 2. The molecule has 0 aromatic heterocycles. The average molecular weight is 338 g/mol. The minimum Gasteiger partial charge on any atom is -0.351 e. The highest BCUT2D eigenvalue weighted by Gasteiger charge is 2.15. The number of nitrogens with zero attached hydrogens (tertiary/aromatic N) is 1. The summed E-state index contributed by atoms with van der Waals surface area (Å²) in [6.45, 7) is 2.61. The zero-order chi connectivity index (χ0) is 17.9. The van der Waals surface area contributed by atoms with Crippen LogP contribution in [-0.2, 0) is 16.1 Å². The summed E-state index contributed by atoms with van der Waals surface area (Å²) < 4.78 is 0. The van der Waals surface area contributed by atoms with Gasteiger partial charge in [-0.05, 0) is 24.1 Å². The molecule has 0 aliphatic heterocycles. The van der Waals surface area contributed by atoms with Gasteiger partial charge in [0, 0.05) is 13.0 Å². The zero-order valence-corrected chi connectivity index (χ0v) is 14.3. The minimum absolute atomic E-state index is 0.173. The van der Waals surface area contributed by atoms with Crippen molar-refractivity contribution in [3.63, 3.8) is 0 Å². The molecule has 0 fully saturated rings. The predicted octanol–water partition coefficient (Wildman–Crippen LogP) is 3.36. The van der Waals surface area contributed by atoms with Crippen LogP contribution < -0.4 is 5.32 Å². The quantitative estimate of drug-likeness (QED) is 0.347. The van der Waals surface area contributed by atoms with Gasteiger partial charge in [0.25, 0.3) is 5.91 Å². The highest BCUT2D eigenvalue weighted by molar-refractivity contribution is 6.39. The molecule has 0 atom stereocenters. The summed E-state index contributed by atoms with van der Waals surface area (Å²) in [6, 6.07) is 18.0. The normalized spacial score (nSPS) is 11.0. The fraction of sp³-hybridized carbons (Fsp3) is 0.250. The molecule has 0 unspecified atom stereocenters. The van der Waals surface area contributed by atoms with E-state index in [4.69, 9.17) is 4.84 Å². The van der Waals surface area contributed by atoms with E-state index in [-0.39, 0.29) is 11.6 Å². The number of rotatable bonds is 8. The first-order valence-corrected chi connectivity index (χ1v) is 8.36. The molecule has 0 aliphatic rings. The lowest BCUT2D eigenvalue weighted by atomic mass is 10.1. The molecule has 2 rings (SSSR count). The Morgan fingerprint density at radius 2 is 1.64 bits per heavy atom. The van der Waals surface area contributed by atoms with Crippen LogP contribution in [-0.4, -0.2) is 24.1 Å². The van der Waals surface area contributed by atoms with Gasteiger partial charge in [0.1, 0.15) is 5.71 Å². The summed E-state index contributed by atoms with van der Waals surface area (Å²) in [5.74, 6) is -0.911. The number of amides is 1. The van der Waals surface area contributed by atoms with Gasteiger partial charge in [-0.25, -0.2) is 4.79 Å². The molecule has 0 radical (unpaired) electrons. The summed E-state index contributed by atoms with van der Waals surface area (Å²) in [5.41, 5.74) is 1.48.